The summed E-state index contributed by atoms with van der Waals surface area (Å²) in [5, 5.41) is 5.63. The van der Waals surface area contributed by atoms with Gasteiger partial charge in [-0.2, -0.15) is 4.31 Å². The third-order valence-electron chi connectivity index (χ3n) is 5.13. The Kier molecular flexibility index (Phi) is 7.70. The fraction of sp³-hybridized carbons (Fsp3) is 0.364. The normalized spacial score (nSPS) is 14.4. The van der Waals surface area contributed by atoms with Crippen LogP contribution in [0.1, 0.15) is 29.6 Å². The van der Waals surface area contributed by atoms with Gasteiger partial charge in [-0.1, -0.05) is 12.5 Å². The summed E-state index contributed by atoms with van der Waals surface area (Å²) in [5.41, 5.74) is 1.19. The van der Waals surface area contributed by atoms with Crippen LogP contribution in [-0.4, -0.2) is 58.5 Å². The number of anilines is 2. The van der Waals surface area contributed by atoms with Crippen molar-refractivity contribution in [2.24, 2.45) is 0 Å². The van der Waals surface area contributed by atoms with Gasteiger partial charge in [-0.3, -0.25) is 4.79 Å². The van der Waals surface area contributed by atoms with Crippen molar-refractivity contribution in [3.05, 3.63) is 48.0 Å². The summed E-state index contributed by atoms with van der Waals surface area (Å²) < 4.78 is 37.4. The van der Waals surface area contributed by atoms with Crippen molar-refractivity contribution in [2.75, 3.05) is 44.5 Å². The van der Waals surface area contributed by atoms with Gasteiger partial charge in [0.15, 0.2) is 0 Å². The molecule has 9 nitrogen and oxygen atoms in total. The van der Waals surface area contributed by atoms with E-state index in [1.165, 1.54) is 36.7 Å². The molecule has 1 saturated heterocycles. The quantitative estimate of drug-likeness (QED) is 0.581. The lowest BCUT2D eigenvalue weighted by Crippen LogP contribution is -2.35. The molecule has 0 unspecified atom stereocenters. The number of sulfonamides is 1. The van der Waals surface area contributed by atoms with Crippen LogP contribution in [0, 0.1) is 0 Å². The highest BCUT2D eigenvalue weighted by Gasteiger charge is 2.27. The summed E-state index contributed by atoms with van der Waals surface area (Å²) in [4.78, 5) is 24.3. The van der Waals surface area contributed by atoms with Crippen molar-refractivity contribution in [1.29, 1.82) is 0 Å². The molecule has 0 radical (unpaired) electrons. The van der Waals surface area contributed by atoms with Crippen LogP contribution in [0.4, 0.5) is 11.4 Å². The number of amides is 1. The Labute approximate surface area is 187 Å². The van der Waals surface area contributed by atoms with Crippen molar-refractivity contribution in [3.8, 4) is 5.75 Å². The third-order valence-corrected chi connectivity index (χ3v) is 7.03. The number of hydrogen-bond acceptors (Lipinski definition) is 7. The van der Waals surface area contributed by atoms with Gasteiger partial charge in [-0.05, 0) is 49.2 Å². The van der Waals surface area contributed by atoms with Crippen LogP contribution in [0.5, 0.6) is 5.75 Å². The SMILES string of the molecule is COC(=O)c1cccc(NCC(=O)Nc2cc(S(=O)(=O)N3CCCCC3)ccc2OC)c1. The van der Waals surface area contributed by atoms with E-state index in [1.807, 2.05) is 0 Å². The molecule has 10 heteroatoms. The minimum Gasteiger partial charge on any atom is -0.495 e. The lowest BCUT2D eigenvalue weighted by Gasteiger charge is -2.26. The van der Waals surface area contributed by atoms with Crippen LogP contribution in [0.3, 0.4) is 0 Å². The highest BCUT2D eigenvalue weighted by atomic mass is 32.2. The molecule has 1 aliphatic heterocycles. The number of carbonyl (C=O) groups is 2. The van der Waals surface area contributed by atoms with E-state index < -0.39 is 21.9 Å². The molecule has 0 atom stereocenters. The van der Waals surface area contributed by atoms with E-state index in [0.717, 1.165) is 19.3 Å². The molecule has 0 saturated carbocycles. The van der Waals surface area contributed by atoms with Gasteiger partial charge in [-0.15, -0.1) is 0 Å². The van der Waals surface area contributed by atoms with E-state index in [0.29, 0.717) is 30.1 Å². The minimum absolute atomic E-state index is 0.100. The second-order valence-electron chi connectivity index (χ2n) is 7.30. The minimum atomic E-state index is -3.65. The zero-order chi connectivity index (χ0) is 23.1. The van der Waals surface area contributed by atoms with Crippen LogP contribution >= 0.6 is 0 Å². The molecular weight excluding hydrogens is 434 g/mol. The molecule has 0 aliphatic carbocycles. The maximum Gasteiger partial charge on any atom is 0.337 e. The molecular formula is C22H27N3O6S. The predicted octanol–water partition coefficient (Wildman–Crippen LogP) is 2.71. The number of hydrogen-bond donors (Lipinski definition) is 2. The van der Waals surface area contributed by atoms with E-state index in [1.54, 1.807) is 24.3 Å². The standard InChI is InChI=1S/C22H27N3O6S/c1-30-20-10-9-18(32(28,29)25-11-4-3-5-12-25)14-19(20)24-21(26)15-23-17-8-6-7-16(13-17)22(27)31-2/h6-10,13-14,23H,3-5,11-12,15H2,1-2H3,(H,24,26). The monoisotopic (exact) mass is 461 g/mol. The highest BCUT2D eigenvalue weighted by Crippen LogP contribution is 2.30. The van der Waals surface area contributed by atoms with Crippen LogP contribution in [0.25, 0.3) is 0 Å². The van der Waals surface area contributed by atoms with Crippen LogP contribution in [0.15, 0.2) is 47.4 Å². The third kappa shape index (κ3) is 5.57. The van der Waals surface area contributed by atoms with Crippen LogP contribution in [-0.2, 0) is 19.6 Å². The first kappa shape index (κ1) is 23.6. The Hall–Kier alpha value is -3.11. The summed E-state index contributed by atoms with van der Waals surface area (Å²) in [6, 6.07) is 11.0. The number of ether oxygens (including phenoxy) is 2. The van der Waals surface area contributed by atoms with E-state index in [9.17, 15) is 18.0 Å². The van der Waals surface area contributed by atoms with Crippen molar-refractivity contribution in [3.63, 3.8) is 0 Å². The molecule has 2 N–H and O–H groups in total. The Balaban J connectivity index is 1.71. The number of carbonyl (C=O) groups excluding carboxylic acids is 2. The number of piperidine rings is 1. The summed E-state index contributed by atoms with van der Waals surface area (Å²) in [5.74, 6) is -0.530. The molecule has 0 spiro atoms. The fourth-order valence-electron chi connectivity index (χ4n) is 3.45. The average Bonchev–Trinajstić information content (AvgIpc) is 2.83. The Bertz CT molecular complexity index is 1080. The van der Waals surface area contributed by atoms with Gasteiger partial charge in [0.1, 0.15) is 5.75 Å². The molecule has 1 amide bonds. The summed E-state index contributed by atoms with van der Waals surface area (Å²) >= 11 is 0. The predicted molar refractivity (Wildman–Crippen MR) is 121 cm³/mol. The second kappa shape index (κ2) is 10.5. The van der Waals surface area contributed by atoms with Gasteiger partial charge in [-0.25, -0.2) is 13.2 Å². The molecule has 2 aromatic rings. The Morgan fingerprint density at radius 3 is 2.47 bits per heavy atom. The van der Waals surface area contributed by atoms with E-state index >= 15 is 0 Å². The van der Waals surface area contributed by atoms with Gasteiger partial charge < -0.3 is 20.1 Å². The highest BCUT2D eigenvalue weighted by molar-refractivity contribution is 7.89. The second-order valence-corrected chi connectivity index (χ2v) is 9.24. The molecule has 1 heterocycles. The molecule has 2 aromatic carbocycles. The van der Waals surface area contributed by atoms with Gasteiger partial charge in [0, 0.05) is 18.8 Å². The topological polar surface area (TPSA) is 114 Å². The molecule has 0 bridgehead atoms. The van der Waals surface area contributed by atoms with Gasteiger partial charge in [0.25, 0.3) is 0 Å². The largest absolute Gasteiger partial charge is 0.495 e. The van der Waals surface area contributed by atoms with Crippen molar-refractivity contribution in [2.45, 2.75) is 24.2 Å². The summed E-state index contributed by atoms with van der Waals surface area (Å²) in [7, 11) is -0.910. The van der Waals surface area contributed by atoms with Gasteiger partial charge in [0.2, 0.25) is 15.9 Å². The number of nitrogens with one attached hydrogen (secondary N) is 2. The van der Waals surface area contributed by atoms with Crippen molar-refractivity contribution >= 4 is 33.3 Å². The average molecular weight is 462 g/mol. The summed E-state index contributed by atoms with van der Waals surface area (Å²) in [6.07, 6.45) is 2.69. The molecule has 0 aromatic heterocycles. The first-order valence-electron chi connectivity index (χ1n) is 10.3. The molecule has 1 fully saturated rings. The smallest absolute Gasteiger partial charge is 0.337 e. The Morgan fingerprint density at radius 2 is 1.78 bits per heavy atom. The number of esters is 1. The number of methoxy groups -OCH3 is 2. The van der Waals surface area contributed by atoms with Crippen molar-refractivity contribution in [1.82, 2.24) is 4.31 Å². The number of benzene rings is 2. The molecule has 32 heavy (non-hydrogen) atoms. The van der Waals surface area contributed by atoms with Crippen LogP contribution in [0.2, 0.25) is 0 Å². The first-order chi connectivity index (χ1) is 15.3. The maximum absolute atomic E-state index is 13.0. The van der Waals surface area contributed by atoms with Gasteiger partial charge in [0.05, 0.1) is 36.9 Å². The molecule has 3 rings (SSSR count). The zero-order valence-corrected chi connectivity index (χ0v) is 18.9. The fourth-order valence-corrected chi connectivity index (χ4v) is 4.99. The lowest BCUT2D eigenvalue weighted by atomic mass is 10.2. The van der Waals surface area contributed by atoms with E-state index in [4.69, 9.17) is 9.47 Å². The van der Waals surface area contributed by atoms with E-state index in [2.05, 4.69) is 10.6 Å². The van der Waals surface area contributed by atoms with Crippen molar-refractivity contribution < 1.29 is 27.5 Å². The lowest BCUT2D eigenvalue weighted by molar-refractivity contribution is -0.114. The van der Waals surface area contributed by atoms with E-state index in [-0.39, 0.29) is 17.1 Å². The Morgan fingerprint density at radius 1 is 1.03 bits per heavy atom. The van der Waals surface area contributed by atoms with Crippen LogP contribution < -0.4 is 15.4 Å². The zero-order valence-electron chi connectivity index (χ0n) is 18.1. The first-order valence-corrected chi connectivity index (χ1v) is 11.7. The number of rotatable bonds is 8. The molecule has 1 aliphatic rings. The number of nitrogens with zero attached hydrogens (tertiary/aromatic N) is 1. The maximum atomic E-state index is 13.0. The van der Waals surface area contributed by atoms with Gasteiger partial charge >= 0.3 is 5.97 Å². The summed E-state index contributed by atoms with van der Waals surface area (Å²) in [6.45, 7) is 0.881. The molecule has 172 valence electrons.